The third-order valence-corrected chi connectivity index (χ3v) is 3.74. The van der Waals surface area contributed by atoms with Crippen LogP contribution < -0.4 is 5.32 Å². The van der Waals surface area contributed by atoms with E-state index in [-0.39, 0.29) is 5.91 Å². The van der Waals surface area contributed by atoms with Gasteiger partial charge in [0.2, 0.25) is 5.91 Å². The number of thiazole rings is 1. The Hall–Kier alpha value is -3.12. The average Bonchev–Trinajstić information content (AvgIpc) is 3.14. The van der Waals surface area contributed by atoms with Gasteiger partial charge in [0.15, 0.2) is 0 Å². The summed E-state index contributed by atoms with van der Waals surface area (Å²) in [6.07, 6.45) is 4.84. The van der Waals surface area contributed by atoms with Gasteiger partial charge in [-0.15, -0.1) is 11.3 Å². The molecule has 1 aromatic heterocycles. The van der Waals surface area contributed by atoms with Gasteiger partial charge >= 0.3 is 0 Å². The number of hydrogen-bond acceptors (Lipinski definition) is 5. The Labute approximate surface area is 143 Å². The van der Waals surface area contributed by atoms with E-state index in [0.29, 0.717) is 5.69 Å². The third-order valence-electron chi connectivity index (χ3n) is 3.00. The second-order valence-corrected chi connectivity index (χ2v) is 5.70. The van der Waals surface area contributed by atoms with E-state index in [1.54, 1.807) is 36.5 Å². The largest absolute Gasteiger partial charge is 0.323 e. The quantitative estimate of drug-likeness (QED) is 0.514. The number of azo groups is 1. The minimum absolute atomic E-state index is 0.205. The zero-order valence-electron chi connectivity index (χ0n) is 12.7. The van der Waals surface area contributed by atoms with Gasteiger partial charge in [0.25, 0.3) is 0 Å². The summed E-state index contributed by atoms with van der Waals surface area (Å²) in [7, 11) is 0. The number of aromatic nitrogens is 1. The van der Waals surface area contributed by atoms with Crippen molar-refractivity contribution in [3.63, 3.8) is 0 Å². The lowest BCUT2D eigenvalue weighted by atomic mass is 10.3. The van der Waals surface area contributed by atoms with Crippen LogP contribution in [-0.2, 0) is 4.79 Å². The normalized spacial score (nSPS) is 11.2. The molecule has 0 aliphatic carbocycles. The molecule has 3 aromatic rings. The number of nitrogens with zero attached hydrogens (tertiary/aromatic N) is 3. The highest BCUT2D eigenvalue weighted by molar-refractivity contribution is 7.10. The highest BCUT2D eigenvalue weighted by Crippen LogP contribution is 2.20. The molecule has 1 heterocycles. The molecule has 0 saturated carbocycles. The number of anilines is 1. The Bertz CT molecular complexity index is 840. The summed E-state index contributed by atoms with van der Waals surface area (Å²) in [5.74, 6) is -0.205. The number of nitrogens with one attached hydrogen (secondary N) is 1. The van der Waals surface area contributed by atoms with Crippen molar-refractivity contribution in [1.29, 1.82) is 0 Å². The molecule has 24 heavy (non-hydrogen) atoms. The third kappa shape index (κ3) is 4.69. The molecule has 5 nitrogen and oxygen atoms in total. The molecule has 0 fully saturated rings. The maximum absolute atomic E-state index is 11.8. The van der Waals surface area contributed by atoms with Crippen molar-refractivity contribution in [3.05, 3.63) is 77.3 Å². The fourth-order valence-corrected chi connectivity index (χ4v) is 2.40. The first-order valence-electron chi connectivity index (χ1n) is 7.25. The second kappa shape index (κ2) is 7.94. The molecule has 118 valence electrons. The SMILES string of the molecule is O=C(/C=C\c1nccs1)Nc1ccc(N=Nc2ccccc2)cc1. The number of amides is 1. The molecule has 1 amide bonds. The zero-order valence-corrected chi connectivity index (χ0v) is 13.5. The van der Waals surface area contributed by atoms with Crippen LogP contribution >= 0.6 is 11.3 Å². The maximum Gasteiger partial charge on any atom is 0.248 e. The number of rotatable bonds is 5. The minimum atomic E-state index is -0.205. The van der Waals surface area contributed by atoms with Crippen LogP contribution in [0.15, 0.2) is 82.5 Å². The van der Waals surface area contributed by atoms with Crippen LogP contribution in [0, 0.1) is 0 Å². The second-order valence-electron chi connectivity index (χ2n) is 4.78. The van der Waals surface area contributed by atoms with Gasteiger partial charge in [0.05, 0.1) is 11.4 Å². The van der Waals surface area contributed by atoms with Crippen molar-refractivity contribution < 1.29 is 4.79 Å². The molecule has 0 aliphatic rings. The van der Waals surface area contributed by atoms with Crippen LogP contribution in [0.1, 0.15) is 5.01 Å². The Kier molecular flexibility index (Phi) is 5.21. The van der Waals surface area contributed by atoms with Crippen molar-refractivity contribution in [2.24, 2.45) is 10.2 Å². The summed E-state index contributed by atoms with van der Waals surface area (Å²) in [5.41, 5.74) is 2.21. The molecule has 0 aliphatic heterocycles. The first-order valence-corrected chi connectivity index (χ1v) is 8.13. The molecular weight excluding hydrogens is 320 g/mol. The lowest BCUT2D eigenvalue weighted by molar-refractivity contribution is -0.111. The van der Waals surface area contributed by atoms with Gasteiger partial charge < -0.3 is 5.32 Å². The van der Waals surface area contributed by atoms with E-state index in [1.807, 2.05) is 35.7 Å². The molecule has 0 unspecified atom stereocenters. The Morgan fingerprint density at radius 3 is 2.38 bits per heavy atom. The van der Waals surface area contributed by atoms with Gasteiger partial charge in [0, 0.05) is 23.3 Å². The Morgan fingerprint density at radius 1 is 1.00 bits per heavy atom. The van der Waals surface area contributed by atoms with Crippen LogP contribution in [0.4, 0.5) is 17.1 Å². The molecule has 0 bridgehead atoms. The summed E-state index contributed by atoms with van der Waals surface area (Å²) in [6, 6.07) is 16.7. The fraction of sp³-hybridized carbons (Fsp3) is 0. The van der Waals surface area contributed by atoms with Gasteiger partial charge in [-0.25, -0.2) is 4.98 Å². The van der Waals surface area contributed by atoms with E-state index >= 15 is 0 Å². The molecule has 2 aromatic carbocycles. The molecule has 3 rings (SSSR count). The van der Waals surface area contributed by atoms with E-state index in [2.05, 4.69) is 20.5 Å². The van der Waals surface area contributed by atoms with Gasteiger partial charge in [0.1, 0.15) is 5.01 Å². The van der Waals surface area contributed by atoms with Crippen molar-refractivity contribution in [1.82, 2.24) is 4.98 Å². The van der Waals surface area contributed by atoms with Gasteiger partial charge in [-0.05, 0) is 42.5 Å². The number of carbonyl (C=O) groups is 1. The monoisotopic (exact) mass is 334 g/mol. The Balaban J connectivity index is 1.58. The molecule has 0 radical (unpaired) electrons. The van der Waals surface area contributed by atoms with E-state index in [4.69, 9.17) is 0 Å². The van der Waals surface area contributed by atoms with Gasteiger partial charge in [-0.1, -0.05) is 18.2 Å². The van der Waals surface area contributed by atoms with Crippen molar-refractivity contribution >= 4 is 40.4 Å². The first kappa shape index (κ1) is 15.8. The van der Waals surface area contributed by atoms with Crippen LogP contribution in [-0.4, -0.2) is 10.9 Å². The maximum atomic E-state index is 11.8. The average molecular weight is 334 g/mol. The molecule has 0 spiro atoms. The number of carbonyl (C=O) groups excluding carboxylic acids is 1. The lowest BCUT2D eigenvalue weighted by Crippen LogP contribution is -2.07. The standard InChI is InChI=1S/C18H14N4OS/c23-17(10-11-18-19-12-13-24-18)20-14-6-8-16(9-7-14)22-21-15-4-2-1-3-5-15/h1-13H,(H,20,23)/b11-10-,22-21?. The molecule has 1 N–H and O–H groups in total. The van der Waals surface area contributed by atoms with E-state index in [9.17, 15) is 4.79 Å². The highest BCUT2D eigenvalue weighted by Gasteiger charge is 1.99. The van der Waals surface area contributed by atoms with Gasteiger partial charge in [-0.3, -0.25) is 4.79 Å². The summed E-state index contributed by atoms with van der Waals surface area (Å²) in [4.78, 5) is 15.9. The summed E-state index contributed by atoms with van der Waals surface area (Å²) in [5, 5.41) is 13.7. The molecular formula is C18H14N4OS. The zero-order chi connectivity index (χ0) is 16.6. The number of hydrogen-bond donors (Lipinski definition) is 1. The first-order chi connectivity index (χ1) is 11.8. The van der Waals surface area contributed by atoms with Crippen LogP contribution in [0.2, 0.25) is 0 Å². The summed E-state index contributed by atoms with van der Waals surface area (Å²) >= 11 is 1.48. The topological polar surface area (TPSA) is 66.7 Å². The lowest BCUT2D eigenvalue weighted by Gasteiger charge is -2.01. The predicted octanol–water partition coefficient (Wildman–Crippen LogP) is 5.21. The molecule has 0 saturated heterocycles. The highest BCUT2D eigenvalue weighted by atomic mass is 32.1. The summed E-state index contributed by atoms with van der Waals surface area (Å²) in [6.45, 7) is 0. The molecule has 6 heteroatoms. The van der Waals surface area contributed by atoms with E-state index in [1.165, 1.54) is 17.4 Å². The molecule has 0 atom stereocenters. The van der Waals surface area contributed by atoms with Crippen molar-refractivity contribution in [2.45, 2.75) is 0 Å². The van der Waals surface area contributed by atoms with Crippen LogP contribution in [0.3, 0.4) is 0 Å². The Morgan fingerprint density at radius 2 is 1.71 bits per heavy atom. The van der Waals surface area contributed by atoms with E-state index < -0.39 is 0 Å². The van der Waals surface area contributed by atoms with Crippen molar-refractivity contribution in [2.75, 3.05) is 5.32 Å². The van der Waals surface area contributed by atoms with Crippen LogP contribution in [0.5, 0.6) is 0 Å². The van der Waals surface area contributed by atoms with E-state index in [0.717, 1.165) is 16.4 Å². The van der Waals surface area contributed by atoms with Crippen LogP contribution in [0.25, 0.3) is 6.08 Å². The smallest absolute Gasteiger partial charge is 0.248 e. The fourth-order valence-electron chi connectivity index (χ4n) is 1.87. The number of benzene rings is 2. The van der Waals surface area contributed by atoms with Gasteiger partial charge in [-0.2, -0.15) is 10.2 Å². The predicted molar refractivity (Wildman–Crippen MR) is 96.8 cm³/mol. The van der Waals surface area contributed by atoms with Crippen molar-refractivity contribution in [3.8, 4) is 0 Å². The minimum Gasteiger partial charge on any atom is -0.323 e. The summed E-state index contributed by atoms with van der Waals surface area (Å²) < 4.78 is 0.